The molecular formula is C19H29N3O2. The molecule has 0 aliphatic carbocycles. The summed E-state index contributed by atoms with van der Waals surface area (Å²) in [4.78, 5) is 17.0. The van der Waals surface area contributed by atoms with Gasteiger partial charge in [-0.1, -0.05) is 6.92 Å². The molecule has 0 radical (unpaired) electrons. The monoisotopic (exact) mass is 331 g/mol. The lowest BCUT2D eigenvalue weighted by Gasteiger charge is -2.35. The van der Waals surface area contributed by atoms with E-state index in [1.165, 1.54) is 19.4 Å². The largest absolute Gasteiger partial charge is 0.375 e. The quantitative estimate of drug-likeness (QED) is 0.867. The molecule has 0 bridgehead atoms. The number of ether oxygens (including phenoxy) is 1. The van der Waals surface area contributed by atoms with Crippen LogP contribution in [0.25, 0.3) is 0 Å². The second-order valence-corrected chi connectivity index (χ2v) is 6.92. The van der Waals surface area contributed by atoms with Crippen molar-refractivity contribution < 1.29 is 9.53 Å². The summed E-state index contributed by atoms with van der Waals surface area (Å²) in [5.74, 6) is -0.0214. The first-order valence-electron chi connectivity index (χ1n) is 9.12. The topological polar surface area (TPSA) is 44.8 Å². The lowest BCUT2D eigenvalue weighted by atomic mass is 10.1. The van der Waals surface area contributed by atoms with Crippen molar-refractivity contribution in [2.75, 3.05) is 44.7 Å². The van der Waals surface area contributed by atoms with Crippen LogP contribution in [0.5, 0.6) is 0 Å². The van der Waals surface area contributed by atoms with Crippen molar-refractivity contribution in [1.29, 1.82) is 0 Å². The van der Waals surface area contributed by atoms with Crippen molar-refractivity contribution >= 4 is 11.6 Å². The van der Waals surface area contributed by atoms with Gasteiger partial charge in [-0.15, -0.1) is 0 Å². The Kier molecular flexibility index (Phi) is 5.74. The zero-order valence-electron chi connectivity index (χ0n) is 14.8. The molecule has 2 heterocycles. The Balaban J connectivity index is 1.48. The standard InChI is InChI=1S/C19H29N3O2/c1-3-10-21(2)16-8-6-15(7-9-16)19(23)20-12-18-13-22-11-4-5-17(22)14-24-18/h6-9,17-18H,3-5,10-14H2,1-2H3,(H,20,23)/t17-,18+/m0/s1. The summed E-state index contributed by atoms with van der Waals surface area (Å²) in [7, 11) is 2.07. The van der Waals surface area contributed by atoms with Gasteiger partial charge < -0.3 is 15.0 Å². The maximum absolute atomic E-state index is 12.3. The summed E-state index contributed by atoms with van der Waals surface area (Å²) < 4.78 is 5.89. The first-order chi connectivity index (χ1) is 11.7. The fourth-order valence-corrected chi connectivity index (χ4v) is 3.65. The number of hydrogen-bond donors (Lipinski definition) is 1. The smallest absolute Gasteiger partial charge is 0.251 e. The summed E-state index contributed by atoms with van der Waals surface area (Å²) in [6, 6.07) is 8.42. The molecule has 0 spiro atoms. The predicted molar refractivity (Wildman–Crippen MR) is 96.7 cm³/mol. The molecular weight excluding hydrogens is 302 g/mol. The van der Waals surface area contributed by atoms with E-state index in [4.69, 9.17) is 4.74 Å². The molecule has 2 atom stereocenters. The number of benzene rings is 1. The Hall–Kier alpha value is -1.59. The third-order valence-corrected chi connectivity index (χ3v) is 5.08. The SMILES string of the molecule is CCCN(C)c1ccc(C(=O)NC[C@@H]2CN3CCC[C@H]3CO2)cc1. The molecule has 2 saturated heterocycles. The van der Waals surface area contributed by atoms with Crippen molar-refractivity contribution in [1.82, 2.24) is 10.2 Å². The molecule has 132 valence electrons. The number of nitrogens with one attached hydrogen (secondary N) is 1. The normalized spacial score (nSPS) is 23.8. The zero-order chi connectivity index (χ0) is 16.9. The molecule has 0 aromatic heterocycles. The van der Waals surface area contributed by atoms with E-state index in [1.807, 2.05) is 24.3 Å². The lowest BCUT2D eigenvalue weighted by molar-refractivity contribution is -0.0461. The minimum absolute atomic E-state index is 0.0214. The van der Waals surface area contributed by atoms with Gasteiger partial charge >= 0.3 is 0 Å². The molecule has 1 amide bonds. The van der Waals surface area contributed by atoms with Crippen molar-refractivity contribution in [3.05, 3.63) is 29.8 Å². The van der Waals surface area contributed by atoms with E-state index < -0.39 is 0 Å². The lowest BCUT2D eigenvalue weighted by Crippen LogP contribution is -2.50. The van der Waals surface area contributed by atoms with Gasteiger partial charge in [0.1, 0.15) is 0 Å². The van der Waals surface area contributed by atoms with E-state index in [2.05, 4.69) is 29.1 Å². The van der Waals surface area contributed by atoms with E-state index in [1.54, 1.807) is 0 Å². The van der Waals surface area contributed by atoms with Gasteiger partial charge in [-0.25, -0.2) is 0 Å². The van der Waals surface area contributed by atoms with Gasteiger partial charge in [-0.3, -0.25) is 9.69 Å². The summed E-state index contributed by atoms with van der Waals surface area (Å²) in [6.45, 7) is 6.67. The van der Waals surface area contributed by atoms with Crippen LogP contribution in [-0.2, 0) is 4.74 Å². The number of hydrogen-bond acceptors (Lipinski definition) is 4. The van der Waals surface area contributed by atoms with Gasteiger partial charge in [0.2, 0.25) is 0 Å². The van der Waals surface area contributed by atoms with Gasteiger partial charge in [0.05, 0.1) is 12.7 Å². The third-order valence-electron chi connectivity index (χ3n) is 5.08. The highest BCUT2D eigenvalue weighted by Gasteiger charge is 2.32. The van der Waals surface area contributed by atoms with Crippen LogP contribution < -0.4 is 10.2 Å². The Morgan fingerprint density at radius 1 is 1.38 bits per heavy atom. The Labute approximate surface area is 145 Å². The fourth-order valence-electron chi connectivity index (χ4n) is 3.65. The van der Waals surface area contributed by atoms with Gasteiger partial charge in [0.15, 0.2) is 0 Å². The third kappa shape index (κ3) is 4.08. The molecule has 24 heavy (non-hydrogen) atoms. The Morgan fingerprint density at radius 3 is 2.92 bits per heavy atom. The minimum Gasteiger partial charge on any atom is -0.375 e. The molecule has 1 aromatic rings. The predicted octanol–water partition coefficient (Wildman–Crippen LogP) is 2.13. The summed E-state index contributed by atoms with van der Waals surface area (Å²) >= 11 is 0. The van der Waals surface area contributed by atoms with Crippen LogP contribution in [0.3, 0.4) is 0 Å². The molecule has 1 aromatic carbocycles. The van der Waals surface area contributed by atoms with Crippen LogP contribution in [0.15, 0.2) is 24.3 Å². The average molecular weight is 331 g/mol. The maximum atomic E-state index is 12.3. The van der Waals surface area contributed by atoms with Crippen LogP contribution in [0.4, 0.5) is 5.69 Å². The van der Waals surface area contributed by atoms with Crippen LogP contribution in [0.1, 0.15) is 36.5 Å². The Bertz CT molecular complexity index is 546. The van der Waals surface area contributed by atoms with Gasteiger partial charge in [0.25, 0.3) is 5.91 Å². The number of amides is 1. The maximum Gasteiger partial charge on any atom is 0.251 e. The second kappa shape index (κ2) is 7.99. The van der Waals surface area contributed by atoms with Gasteiger partial charge in [-0.05, 0) is 50.1 Å². The molecule has 5 nitrogen and oxygen atoms in total. The Morgan fingerprint density at radius 2 is 2.17 bits per heavy atom. The molecule has 2 aliphatic heterocycles. The highest BCUT2D eigenvalue weighted by molar-refractivity contribution is 5.94. The van der Waals surface area contributed by atoms with Gasteiger partial charge in [0, 0.05) is 44.0 Å². The van der Waals surface area contributed by atoms with Crippen molar-refractivity contribution in [3.63, 3.8) is 0 Å². The number of rotatable bonds is 6. The van der Waals surface area contributed by atoms with E-state index in [-0.39, 0.29) is 12.0 Å². The summed E-state index contributed by atoms with van der Waals surface area (Å²) in [6.07, 6.45) is 3.74. The van der Waals surface area contributed by atoms with E-state index in [0.717, 1.165) is 31.8 Å². The summed E-state index contributed by atoms with van der Waals surface area (Å²) in [5.41, 5.74) is 1.85. The highest BCUT2D eigenvalue weighted by Crippen LogP contribution is 2.22. The number of morpholine rings is 1. The molecule has 0 saturated carbocycles. The number of carbonyl (C=O) groups is 1. The number of nitrogens with zero attached hydrogens (tertiary/aromatic N) is 2. The first-order valence-corrected chi connectivity index (χ1v) is 9.12. The van der Waals surface area contributed by atoms with E-state index >= 15 is 0 Å². The van der Waals surface area contributed by atoms with Crippen molar-refractivity contribution in [2.45, 2.75) is 38.3 Å². The first kappa shape index (κ1) is 17.2. The minimum atomic E-state index is -0.0214. The van der Waals surface area contributed by atoms with E-state index in [9.17, 15) is 4.79 Å². The molecule has 3 rings (SSSR count). The molecule has 0 unspecified atom stereocenters. The second-order valence-electron chi connectivity index (χ2n) is 6.92. The number of anilines is 1. The summed E-state index contributed by atoms with van der Waals surface area (Å²) in [5, 5.41) is 3.02. The van der Waals surface area contributed by atoms with Crippen molar-refractivity contribution in [2.24, 2.45) is 0 Å². The van der Waals surface area contributed by atoms with Crippen LogP contribution >= 0.6 is 0 Å². The molecule has 2 aliphatic rings. The average Bonchev–Trinajstić information content (AvgIpc) is 3.07. The molecule has 2 fully saturated rings. The highest BCUT2D eigenvalue weighted by atomic mass is 16.5. The molecule has 5 heteroatoms. The number of carbonyl (C=O) groups excluding carboxylic acids is 1. The van der Waals surface area contributed by atoms with Crippen molar-refractivity contribution in [3.8, 4) is 0 Å². The van der Waals surface area contributed by atoms with E-state index in [0.29, 0.717) is 18.2 Å². The van der Waals surface area contributed by atoms with Crippen LogP contribution in [0.2, 0.25) is 0 Å². The number of fused-ring (bicyclic) bond motifs is 1. The van der Waals surface area contributed by atoms with Gasteiger partial charge in [-0.2, -0.15) is 0 Å². The van der Waals surface area contributed by atoms with Crippen LogP contribution in [-0.4, -0.2) is 62.8 Å². The van der Waals surface area contributed by atoms with Crippen LogP contribution in [0, 0.1) is 0 Å². The fraction of sp³-hybridized carbons (Fsp3) is 0.632. The molecule has 1 N–H and O–H groups in total. The zero-order valence-corrected chi connectivity index (χ0v) is 14.8.